The molecule has 1 rings (SSSR count). The standard InChI is InChI=1S/C10H14N2O/c1-12(2,8-10(11)13)9-6-4-3-5-7-9/h3-7H,8H2,1-2H3,(H-,11,13)/p+1. The molecule has 1 aromatic rings. The highest BCUT2D eigenvalue weighted by Gasteiger charge is 2.20. The van der Waals surface area contributed by atoms with Crippen molar-refractivity contribution in [2.75, 3.05) is 20.6 Å². The van der Waals surface area contributed by atoms with Gasteiger partial charge in [0.25, 0.3) is 5.91 Å². The number of amides is 1. The number of likely N-dealkylation sites (N-methyl/N-ethyl adjacent to an activating group) is 1. The summed E-state index contributed by atoms with van der Waals surface area (Å²) in [5, 5.41) is 0. The fourth-order valence-electron chi connectivity index (χ4n) is 1.31. The van der Waals surface area contributed by atoms with Crippen LogP contribution in [0.2, 0.25) is 0 Å². The summed E-state index contributed by atoms with van der Waals surface area (Å²) in [6, 6.07) is 9.84. The summed E-state index contributed by atoms with van der Waals surface area (Å²) in [5.74, 6) is -0.283. The summed E-state index contributed by atoms with van der Waals surface area (Å²) in [5.41, 5.74) is 6.25. The highest BCUT2D eigenvalue weighted by atomic mass is 16.1. The summed E-state index contributed by atoms with van der Waals surface area (Å²) in [4.78, 5) is 10.8. The molecule has 0 aliphatic heterocycles. The highest BCUT2D eigenvalue weighted by Crippen LogP contribution is 2.16. The van der Waals surface area contributed by atoms with Crippen molar-refractivity contribution in [2.45, 2.75) is 0 Å². The minimum absolute atomic E-state index is 0.283. The fraction of sp³-hybridized carbons (Fsp3) is 0.300. The third kappa shape index (κ3) is 2.56. The van der Waals surface area contributed by atoms with Crippen LogP contribution >= 0.6 is 0 Å². The molecule has 0 aliphatic carbocycles. The van der Waals surface area contributed by atoms with E-state index in [9.17, 15) is 4.79 Å². The number of para-hydroxylation sites is 1. The smallest absolute Gasteiger partial charge is 0.273 e. The summed E-state index contributed by atoms with van der Waals surface area (Å²) >= 11 is 0. The third-order valence-corrected chi connectivity index (χ3v) is 2.01. The van der Waals surface area contributed by atoms with E-state index in [-0.39, 0.29) is 5.91 Å². The molecule has 0 heterocycles. The highest BCUT2D eigenvalue weighted by molar-refractivity contribution is 5.78. The lowest BCUT2D eigenvalue weighted by molar-refractivity contribution is -0.118. The van der Waals surface area contributed by atoms with Crippen LogP contribution in [0.1, 0.15) is 0 Å². The predicted octanol–water partition coefficient (Wildman–Crippen LogP) is 0.739. The molecule has 0 spiro atoms. The molecule has 3 nitrogen and oxygen atoms in total. The average Bonchev–Trinajstić information content (AvgIpc) is 2.04. The van der Waals surface area contributed by atoms with Gasteiger partial charge in [-0.1, -0.05) is 18.2 Å². The van der Waals surface area contributed by atoms with Crippen molar-refractivity contribution in [3.63, 3.8) is 0 Å². The van der Waals surface area contributed by atoms with E-state index in [2.05, 4.69) is 0 Å². The maximum absolute atomic E-state index is 10.8. The van der Waals surface area contributed by atoms with Gasteiger partial charge in [-0.05, 0) is 12.1 Å². The van der Waals surface area contributed by atoms with Gasteiger partial charge in [0.1, 0.15) is 5.69 Å². The molecule has 2 N–H and O–H groups in total. The van der Waals surface area contributed by atoms with E-state index in [0.717, 1.165) is 5.69 Å². The van der Waals surface area contributed by atoms with Gasteiger partial charge >= 0.3 is 0 Å². The molecule has 0 aromatic heterocycles. The second-order valence-corrected chi connectivity index (χ2v) is 3.64. The molecule has 0 radical (unpaired) electrons. The van der Waals surface area contributed by atoms with Crippen molar-refractivity contribution in [2.24, 2.45) is 5.73 Å². The zero-order valence-corrected chi connectivity index (χ0v) is 8.03. The van der Waals surface area contributed by atoms with E-state index in [1.165, 1.54) is 0 Å². The molecule has 0 bridgehead atoms. The first-order valence-corrected chi connectivity index (χ1v) is 4.19. The first kappa shape index (κ1) is 9.74. The quantitative estimate of drug-likeness (QED) is 0.683. The maximum Gasteiger partial charge on any atom is 0.273 e. The number of benzene rings is 1. The topological polar surface area (TPSA) is 43.1 Å². The van der Waals surface area contributed by atoms with Crippen molar-refractivity contribution in [3.8, 4) is 0 Å². The van der Waals surface area contributed by atoms with Gasteiger partial charge in [-0.15, -0.1) is 0 Å². The van der Waals surface area contributed by atoms with E-state index in [4.69, 9.17) is 5.73 Å². The van der Waals surface area contributed by atoms with Gasteiger partial charge in [0.2, 0.25) is 0 Å². The maximum atomic E-state index is 10.8. The van der Waals surface area contributed by atoms with Crippen LogP contribution in [-0.2, 0) is 4.79 Å². The Labute approximate surface area is 78.4 Å². The van der Waals surface area contributed by atoms with Crippen molar-refractivity contribution in [3.05, 3.63) is 30.3 Å². The van der Waals surface area contributed by atoms with Crippen LogP contribution in [0.25, 0.3) is 0 Å². The largest absolute Gasteiger partial charge is 0.365 e. The molecule has 0 saturated carbocycles. The van der Waals surface area contributed by atoms with E-state index >= 15 is 0 Å². The van der Waals surface area contributed by atoms with E-state index in [0.29, 0.717) is 11.0 Å². The normalized spacial score (nSPS) is 11.2. The van der Waals surface area contributed by atoms with Crippen LogP contribution in [0.5, 0.6) is 0 Å². The Hall–Kier alpha value is -1.35. The number of rotatable bonds is 3. The van der Waals surface area contributed by atoms with Gasteiger partial charge in [-0.25, -0.2) is 0 Å². The lowest BCUT2D eigenvalue weighted by Crippen LogP contribution is -2.46. The number of primary amides is 1. The SMILES string of the molecule is C[N+](C)(CC(N)=O)c1ccccc1. The Morgan fingerprint density at radius 2 is 1.85 bits per heavy atom. The molecule has 1 amide bonds. The van der Waals surface area contributed by atoms with Gasteiger partial charge < -0.3 is 5.73 Å². The van der Waals surface area contributed by atoms with Crippen molar-refractivity contribution in [1.29, 1.82) is 0 Å². The Morgan fingerprint density at radius 3 is 2.31 bits per heavy atom. The number of carbonyl (C=O) groups is 1. The number of carbonyl (C=O) groups excluding carboxylic acids is 1. The minimum atomic E-state index is -0.283. The van der Waals surface area contributed by atoms with Crippen LogP contribution in [0.4, 0.5) is 5.69 Å². The molecule has 0 saturated heterocycles. The molecule has 0 fully saturated rings. The summed E-state index contributed by atoms with van der Waals surface area (Å²) in [6.45, 7) is 0.323. The number of hydrogen-bond donors (Lipinski definition) is 1. The first-order chi connectivity index (χ1) is 6.02. The summed E-state index contributed by atoms with van der Waals surface area (Å²) < 4.78 is 0.496. The van der Waals surface area contributed by atoms with E-state index in [1.807, 2.05) is 44.4 Å². The van der Waals surface area contributed by atoms with Gasteiger partial charge in [-0.2, -0.15) is 0 Å². The van der Waals surface area contributed by atoms with Crippen molar-refractivity contribution in [1.82, 2.24) is 4.48 Å². The molecule has 13 heavy (non-hydrogen) atoms. The monoisotopic (exact) mass is 179 g/mol. The van der Waals surface area contributed by atoms with Crippen LogP contribution in [0.15, 0.2) is 30.3 Å². The zero-order valence-electron chi connectivity index (χ0n) is 8.03. The molecule has 3 heteroatoms. The van der Waals surface area contributed by atoms with Gasteiger partial charge in [0.15, 0.2) is 6.54 Å². The molecule has 1 aromatic carbocycles. The lowest BCUT2D eigenvalue weighted by atomic mass is 10.2. The van der Waals surface area contributed by atoms with Crippen LogP contribution in [0.3, 0.4) is 0 Å². The molecule has 70 valence electrons. The van der Waals surface area contributed by atoms with Crippen LogP contribution in [0, 0.1) is 0 Å². The van der Waals surface area contributed by atoms with Crippen molar-refractivity contribution >= 4 is 11.6 Å². The Morgan fingerprint density at radius 1 is 1.31 bits per heavy atom. The van der Waals surface area contributed by atoms with E-state index in [1.54, 1.807) is 0 Å². The van der Waals surface area contributed by atoms with E-state index < -0.39 is 0 Å². The second kappa shape index (κ2) is 3.58. The minimum Gasteiger partial charge on any atom is -0.365 e. The Balaban J connectivity index is 2.87. The Bertz CT molecular complexity index is 293. The number of nitrogens with zero attached hydrogens (tertiary/aromatic N) is 1. The first-order valence-electron chi connectivity index (χ1n) is 4.19. The molecule has 0 unspecified atom stereocenters. The zero-order chi connectivity index (χ0) is 9.90. The summed E-state index contributed by atoms with van der Waals surface area (Å²) in [6.07, 6.45) is 0. The summed E-state index contributed by atoms with van der Waals surface area (Å²) in [7, 11) is 3.92. The van der Waals surface area contributed by atoms with Crippen LogP contribution < -0.4 is 10.2 Å². The van der Waals surface area contributed by atoms with Crippen LogP contribution in [-0.4, -0.2) is 26.5 Å². The third-order valence-electron chi connectivity index (χ3n) is 2.01. The Kier molecular flexibility index (Phi) is 2.68. The number of nitrogens with two attached hydrogens (primary N) is 1. The van der Waals surface area contributed by atoms with Gasteiger partial charge in [-0.3, -0.25) is 9.28 Å². The van der Waals surface area contributed by atoms with Gasteiger partial charge in [0.05, 0.1) is 14.1 Å². The number of quaternary nitrogens is 1. The lowest BCUT2D eigenvalue weighted by Gasteiger charge is -2.27. The fourth-order valence-corrected chi connectivity index (χ4v) is 1.31. The number of hydrogen-bond acceptors (Lipinski definition) is 1. The molecular formula is C10H15N2O+. The predicted molar refractivity (Wildman–Crippen MR) is 54.1 cm³/mol. The second-order valence-electron chi connectivity index (χ2n) is 3.64. The van der Waals surface area contributed by atoms with Crippen molar-refractivity contribution < 1.29 is 4.79 Å². The van der Waals surface area contributed by atoms with Gasteiger partial charge in [0, 0.05) is 0 Å². The molecular weight excluding hydrogens is 164 g/mol. The average molecular weight is 179 g/mol. The molecule has 0 aliphatic rings. The molecule has 0 atom stereocenters.